The maximum absolute atomic E-state index is 11.9. The molecule has 0 aromatic carbocycles. The van der Waals surface area contributed by atoms with Crippen molar-refractivity contribution in [1.82, 2.24) is 5.32 Å². The van der Waals surface area contributed by atoms with Gasteiger partial charge in [-0.05, 0) is 25.3 Å². The highest BCUT2D eigenvalue weighted by Crippen LogP contribution is 2.10. The van der Waals surface area contributed by atoms with Crippen molar-refractivity contribution in [2.75, 3.05) is 6.54 Å². The first kappa shape index (κ1) is 12.8. The van der Waals surface area contributed by atoms with Crippen molar-refractivity contribution in [1.29, 1.82) is 0 Å². The fourth-order valence-corrected chi connectivity index (χ4v) is 1.67. The normalized spacial score (nSPS) is 12.8. The van der Waals surface area contributed by atoms with Crippen LogP contribution < -0.4 is 11.1 Å². The number of aryl methyl sites for hydroxylation is 1. The van der Waals surface area contributed by atoms with Crippen LogP contribution in [0.1, 0.15) is 36.4 Å². The van der Waals surface area contributed by atoms with Crippen LogP contribution >= 0.6 is 0 Å². The Morgan fingerprint density at radius 2 is 2.25 bits per heavy atom. The molecule has 0 fully saturated rings. The number of amides is 1. The molecule has 4 nitrogen and oxygen atoms in total. The molecule has 0 aliphatic heterocycles. The minimum Gasteiger partial charge on any atom is -0.469 e. The lowest BCUT2D eigenvalue weighted by Crippen LogP contribution is -2.41. The second-order valence-electron chi connectivity index (χ2n) is 4.43. The Bertz CT molecular complexity index is 345. The Morgan fingerprint density at radius 3 is 2.69 bits per heavy atom. The highest BCUT2D eigenvalue weighted by atomic mass is 16.3. The monoisotopic (exact) mass is 224 g/mol. The first-order chi connectivity index (χ1) is 7.54. The van der Waals surface area contributed by atoms with Gasteiger partial charge >= 0.3 is 0 Å². The van der Waals surface area contributed by atoms with Crippen LogP contribution in [0.15, 0.2) is 16.7 Å². The molecule has 90 valence electrons. The predicted octanol–water partition coefficient (Wildman–Crippen LogP) is 1.69. The topological polar surface area (TPSA) is 68.3 Å². The third-order valence-corrected chi connectivity index (χ3v) is 2.48. The van der Waals surface area contributed by atoms with Gasteiger partial charge in [0.15, 0.2) is 0 Å². The highest BCUT2D eigenvalue weighted by molar-refractivity contribution is 5.95. The summed E-state index contributed by atoms with van der Waals surface area (Å²) in [7, 11) is 0. The van der Waals surface area contributed by atoms with Gasteiger partial charge in [-0.2, -0.15) is 0 Å². The van der Waals surface area contributed by atoms with E-state index in [0.29, 0.717) is 23.8 Å². The Labute approximate surface area is 96.2 Å². The summed E-state index contributed by atoms with van der Waals surface area (Å²) in [6.07, 6.45) is 2.41. The van der Waals surface area contributed by atoms with Gasteiger partial charge in [-0.3, -0.25) is 4.79 Å². The van der Waals surface area contributed by atoms with Crippen molar-refractivity contribution in [2.45, 2.75) is 33.2 Å². The number of nitrogens with two attached hydrogens (primary N) is 1. The summed E-state index contributed by atoms with van der Waals surface area (Å²) in [6, 6.07) is 1.70. The van der Waals surface area contributed by atoms with Crippen molar-refractivity contribution >= 4 is 5.91 Å². The third-order valence-electron chi connectivity index (χ3n) is 2.48. The van der Waals surface area contributed by atoms with Crippen LogP contribution in [-0.2, 0) is 0 Å². The molecule has 0 bridgehead atoms. The highest BCUT2D eigenvalue weighted by Gasteiger charge is 2.16. The van der Waals surface area contributed by atoms with Gasteiger partial charge < -0.3 is 15.5 Å². The molecule has 4 heteroatoms. The average molecular weight is 224 g/mol. The molecule has 3 N–H and O–H groups in total. The summed E-state index contributed by atoms with van der Waals surface area (Å²) >= 11 is 0. The zero-order valence-corrected chi connectivity index (χ0v) is 10.1. The SMILES string of the molecule is Cc1occc1C(=O)NC(CN)CC(C)C. The first-order valence-electron chi connectivity index (χ1n) is 5.59. The molecule has 1 aromatic heterocycles. The molecule has 0 saturated carbocycles. The van der Waals surface area contributed by atoms with E-state index in [-0.39, 0.29) is 11.9 Å². The number of furan rings is 1. The van der Waals surface area contributed by atoms with Crippen LogP contribution in [0.25, 0.3) is 0 Å². The molecule has 1 heterocycles. The molecule has 0 spiro atoms. The van der Waals surface area contributed by atoms with E-state index in [1.54, 1.807) is 13.0 Å². The van der Waals surface area contributed by atoms with Gasteiger partial charge in [0.25, 0.3) is 5.91 Å². The molecule has 0 aliphatic carbocycles. The molecule has 1 rings (SSSR count). The second-order valence-corrected chi connectivity index (χ2v) is 4.43. The maximum atomic E-state index is 11.9. The van der Waals surface area contributed by atoms with E-state index in [1.807, 2.05) is 0 Å². The predicted molar refractivity (Wildman–Crippen MR) is 63.2 cm³/mol. The summed E-state index contributed by atoms with van der Waals surface area (Å²) in [5, 5.41) is 2.92. The number of rotatable bonds is 5. The third kappa shape index (κ3) is 3.38. The van der Waals surface area contributed by atoms with Gasteiger partial charge in [0.1, 0.15) is 5.76 Å². The van der Waals surface area contributed by atoms with Gasteiger partial charge in [0.05, 0.1) is 11.8 Å². The molecule has 0 aliphatic rings. The summed E-state index contributed by atoms with van der Waals surface area (Å²) in [5.74, 6) is 1.04. The minimum absolute atomic E-state index is 0.0294. The van der Waals surface area contributed by atoms with Crippen molar-refractivity contribution < 1.29 is 9.21 Å². The van der Waals surface area contributed by atoms with E-state index in [2.05, 4.69) is 19.2 Å². The van der Waals surface area contributed by atoms with E-state index in [0.717, 1.165) is 6.42 Å². The number of nitrogens with one attached hydrogen (secondary N) is 1. The molecular weight excluding hydrogens is 204 g/mol. The van der Waals surface area contributed by atoms with Gasteiger partial charge in [-0.15, -0.1) is 0 Å². The number of hydrogen-bond acceptors (Lipinski definition) is 3. The molecule has 0 radical (unpaired) electrons. The van der Waals surface area contributed by atoms with Gasteiger partial charge in [-0.25, -0.2) is 0 Å². The Balaban J connectivity index is 2.59. The van der Waals surface area contributed by atoms with Crippen LogP contribution in [0, 0.1) is 12.8 Å². The number of carbonyl (C=O) groups is 1. The Morgan fingerprint density at radius 1 is 1.56 bits per heavy atom. The zero-order chi connectivity index (χ0) is 12.1. The van der Waals surface area contributed by atoms with E-state index in [9.17, 15) is 4.79 Å². The van der Waals surface area contributed by atoms with Gasteiger partial charge in [0, 0.05) is 12.6 Å². The summed E-state index contributed by atoms with van der Waals surface area (Å²) in [4.78, 5) is 11.9. The number of carbonyl (C=O) groups excluding carboxylic acids is 1. The van der Waals surface area contributed by atoms with Crippen LogP contribution in [0.3, 0.4) is 0 Å². The first-order valence-corrected chi connectivity index (χ1v) is 5.59. The van der Waals surface area contributed by atoms with Gasteiger partial charge in [-0.1, -0.05) is 13.8 Å². The lowest BCUT2D eigenvalue weighted by atomic mass is 10.0. The van der Waals surface area contributed by atoms with E-state index in [1.165, 1.54) is 6.26 Å². The molecular formula is C12H20N2O2. The van der Waals surface area contributed by atoms with Crippen LogP contribution in [0.4, 0.5) is 0 Å². The van der Waals surface area contributed by atoms with E-state index in [4.69, 9.17) is 10.2 Å². The van der Waals surface area contributed by atoms with E-state index >= 15 is 0 Å². The molecule has 1 unspecified atom stereocenters. The van der Waals surface area contributed by atoms with Crippen LogP contribution in [0.5, 0.6) is 0 Å². The fourth-order valence-electron chi connectivity index (χ4n) is 1.67. The van der Waals surface area contributed by atoms with Crippen molar-refractivity contribution in [2.24, 2.45) is 11.7 Å². The summed E-state index contributed by atoms with van der Waals surface area (Å²) in [6.45, 7) is 6.45. The minimum atomic E-state index is -0.109. The van der Waals surface area contributed by atoms with E-state index < -0.39 is 0 Å². The van der Waals surface area contributed by atoms with Crippen molar-refractivity contribution in [3.63, 3.8) is 0 Å². The smallest absolute Gasteiger partial charge is 0.255 e. The Hall–Kier alpha value is -1.29. The molecule has 16 heavy (non-hydrogen) atoms. The summed E-state index contributed by atoms with van der Waals surface area (Å²) in [5.41, 5.74) is 6.21. The maximum Gasteiger partial charge on any atom is 0.255 e. The fraction of sp³-hybridized carbons (Fsp3) is 0.583. The van der Waals surface area contributed by atoms with Crippen molar-refractivity contribution in [3.05, 3.63) is 23.7 Å². The largest absolute Gasteiger partial charge is 0.469 e. The lowest BCUT2D eigenvalue weighted by Gasteiger charge is -2.18. The average Bonchev–Trinajstić information content (AvgIpc) is 2.62. The molecule has 1 amide bonds. The van der Waals surface area contributed by atoms with Crippen LogP contribution in [0.2, 0.25) is 0 Å². The lowest BCUT2D eigenvalue weighted by molar-refractivity contribution is 0.0932. The second kappa shape index (κ2) is 5.70. The quantitative estimate of drug-likeness (QED) is 0.799. The standard InChI is InChI=1S/C12H20N2O2/c1-8(2)6-10(7-13)14-12(15)11-4-5-16-9(11)3/h4-5,8,10H,6-7,13H2,1-3H3,(H,14,15). The molecule has 1 atom stereocenters. The van der Waals surface area contributed by atoms with Crippen molar-refractivity contribution in [3.8, 4) is 0 Å². The molecule has 0 saturated heterocycles. The van der Waals surface area contributed by atoms with Gasteiger partial charge in [0.2, 0.25) is 0 Å². The zero-order valence-electron chi connectivity index (χ0n) is 10.1. The summed E-state index contributed by atoms with van der Waals surface area (Å²) < 4.78 is 5.09. The molecule has 1 aromatic rings. The van der Waals surface area contributed by atoms with Crippen LogP contribution in [-0.4, -0.2) is 18.5 Å². The number of hydrogen-bond donors (Lipinski definition) is 2. The Kier molecular flexibility index (Phi) is 4.55.